The number of ether oxygens (including phenoxy) is 1. The van der Waals surface area contributed by atoms with Gasteiger partial charge in [0.05, 0.1) is 6.61 Å². The van der Waals surface area contributed by atoms with Crippen molar-refractivity contribution in [1.29, 1.82) is 0 Å². The summed E-state index contributed by atoms with van der Waals surface area (Å²) in [6.45, 7) is 4.19. The summed E-state index contributed by atoms with van der Waals surface area (Å²) in [6.07, 6.45) is 0.953. The van der Waals surface area contributed by atoms with Gasteiger partial charge in [0, 0.05) is 6.61 Å². The van der Waals surface area contributed by atoms with Gasteiger partial charge in [-0.15, -0.1) is 0 Å². The molecule has 13 heavy (non-hydrogen) atoms. The Morgan fingerprint density at radius 2 is 1.77 bits per heavy atom. The van der Waals surface area contributed by atoms with Gasteiger partial charge in [-0.2, -0.15) is 0 Å². The van der Waals surface area contributed by atoms with E-state index in [1.807, 2.05) is 6.92 Å². The molecule has 0 radical (unpaired) electrons. The van der Waals surface area contributed by atoms with E-state index in [4.69, 9.17) is 10.5 Å². The van der Waals surface area contributed by atoms with Crippen LogP contribution in [0.15, 0.2) is 24.3 Å². The Morgan fingerprint density at radius 3 is 2.31 bits per heavy atom. The van der Waals surface area contributed by atoms with Gasteiger partial charge in [0.1, 0.15) is 0 Å². The van der Waals surface area contributed by atoms with Crippen molar-refractivity contribution in [3.63, 3.8) is 0 Å². The van der Waals surface area contributed by atoms with E-state index in [0.717, 1.165) is 13.0 Å². The molecule has 0 saturated heterocycles. The highest BCUT2D eigenvalue weighted by Gasteiger charge is 1.93. The van der Waals surface area contributed by atoms with Crippen molar-refractivity contribution < 1.29 is 4.74 Å². The largest absolute Gasteiger partial charge is 0.377 e. The molecule has 1 aromatic rings. The van der Waals surface area contributed by atoms with Crippen LogP contribution in [0.4, 0.5) is 0 Å². The molecule has 2 N–H and O–H groups in total. The topological polar surface area (TPSA) is 35.2 Å². The van der Waals surface area contributed by atoms with Gasteiger partial charge in [-0.3, -0.25) is 0 Å². The molecule has 2 nitrogen and oxygen atoms in total. The lowest BCUT2D eigenvalue weighted by Gasteiger charge is -2.03. The molecule has 72 valence electrons. The van der Waals surface area contributed by atoms with Crippen LogP contribution in [0, 0.1) is 0 Å². The van der Waals surface area contributed by atoms with Crippen LogP contribution in [0.5, 0.6) is 0 Å². The van der Waals surface area contributed by atoms with Gasteiger partial charge in [-0.05, 0) is 31.0 Å². The van der Waals surface area contributed by atoms with Gasteiger partial charge in [-0.25, -0.2) is 0 Å². The second-order valence-electron chi connectivity index (χ2n) is 2.99. The maximum absolute atomic E-state index is 5.45. The van der Waals surface area contributed by atoms with Crippen molar-refractivity contribution in [2.75, 3.05) is 13.2 Å². The summed E-state index contributed by atoms with van der Waals surface area (Å²) in [6, 6.07) is 8.42. The molecule has 0 aliphatic carbocycles. The van der Waals surface area contributed by atoms with E-state index in [1.165, 1.54) is 11.1 Å². The van der Waals surface area contributed by atoms with Crippen LogP contribution in [0.1, 0.15) is 18.1 Å². The fourth-order valence-corrected chi connectivity index (χ4v) is 1.19. The molecule has 0 unspecified atom stereocenters. The van der Waals surface area contributed by atoms with Gasteiger partial charge >= 0.3 is 0 Å². The zero-order valence-corrected chi connectivity index (χ0v) is 8.12. The molecule has 0 amide bonds. The predicted octanol–water partition coefficient (Wildman–Crippen LogP) is 1.72. The fraction of sp³-hybridized carbons (Fsp3) is 0.455. The Bertz CT molecular complexity index is 230. The zero-order valence-electron chi connectivity index (χ0n) is 8.12. The van der Waals surface area contributed by atoms with E-state index in [2.05, 4.69) is 24.3 Å². The average molecular weight is 179 g/mol. The summed E-state index contributed by atoms with van der Waals surface area (Å²) in [5, 5.41) is 0. The van der Waals surface area contributed by atoms with Gasteiger partial charge in [0.25, 0.3) is 0 Å². The minimum absolute atomic E-state index is 0.708. The molecule has 1 aromatic carbocycles. The molecule has 0 bridgehead atoms. The highest BCUT2D eigenvalue weighted by atomic mass is 16.5. The first kappa shape index (κ1) is 10.2. The molecule has 0 aliphatic rings. The summed E-state index contributed by atoms with van der Waals surface area (Å²) in [5.41, 5.74) is 7.97. The Kier molecular flexibility index (Phi) is 4.50. The summed E-state index contributed by atoms with van der Waals surface area (Å²) in [7, 11) is 0. The number of hydrogen-bond acceptors (Lipinski definition) is 2. The molecule has 0 saturated carbocycles. The Balaban J connectivity index is 2.48. The molecule has 1 rings (SSSR count). The van der Waals surface area contributed by atoms with E-state index in [-0.39, 0.29) is 0 Å². The van der Waals surface area contributed by atoms with Crippen molar-refractivity contribution in [2.24, 2.45) is 5.73 Å². The summed E-state index contributed by atoms with van der Waals surface area (Å²) >= 11 is 0. The number of rotatable bonds is 5. The molecule has 0 aromatic heterocycles. The molecule has 0 aliphatic heterocycles. The highest BCUT2D eigenvalue weighted by molar-refractivity contribution is 5.22. The lowest BCUT2D eigenvalue weighted by molar-refractivity contribution is 0.134. The molecular formula is C11H17NO. The van der Waals surface area contributed by atoms with E-state index in [1.54, 1.807) is 0 Å². The molecule has 2 heteroatoms. The summed E-state index contributed by atoms with van der Waals surface area (Å²) in [5.74, 6) is 0. The average Bonchev–Trinajstić information content (AvgIpc) is 2.17. The Hall–Kier alpha value is -0.860. The minimum Gasteiger partial charge on any atom is -0.377 e. The maximum Gasteiger partial charge on any atom is 0.0716 e. The number of nitrogens with two attached hydrogens (primary N) is 1. The van der Waals surface area contributed by atoms with E-state index >= 15 is 0 Å². The first-order chi connectivity index (χ1) is 6.36. The first-order valence-corrected chi connectivity index (χ1v) is 4.72. The van der Waals surface area contributed by atoms with E-state index in [9.17, 15) is 0 Å². The fourth-order valence-electron chi connectivity index (χ4n) is 1.19. The zero-order chi connectivity index (χ0) is 9.52. The molecule has 0 heterocycles. The third-order valence-electron chi connectivity index (χ3n) is 1.93. The number of hydrogen-bond donors (Lipinski definition) is 1. The molecule has 0 atom stereocenters. The quantitative estimate of drug-likeness (QED) is 0.747. The van der Waals surface area contributed by atoms with Crippen molar-refractivity contribution >= 4 is 0 Å². The van der Waals surface area contributed by atoms with Crippen LogP contribution in [-0.4, -0.2) is 13.2 Å². The third kappa shape index (κ3) is 3.57. The van der Waals surface area contributed by atoms with Gasteiger partial charge in [0.2, 0.25) is 0 Å². The van der Waals surface area contributed by atoms with Crippen LogP contribution >= 0.6 is 0 Å². The smallest absolute Gasteiger partial charge is 0.0716 e. The summed E-state index contributed by atoms with van der Waals surface area (Å²) < 4.78 is 5.29. The lowest BCUT2D eigenvalue weighted by atomic mass is 10.1. The monoisotopic (exact) mass is 179 g/mol. The van der Waals surface area contributed by atoms with Crippen LogP contribution < -0.4 is 5.73 Å². The first-order valence-electron chi connectivity index (χ1n) is 4.72. The van der Waals surface area contributed by atoms with Crippen molar-refractivity contribution in [2.45, 2.75) is 20.0 Å². The second kappa shape index (κ2) is 5.73. The van der Waals surface area contributed by atoms with Crippen LogP contribution in [0.2, 0.25) is 0 Å². The highest BCUT2D eigenvalue weighted by Crippen LogP contribution is 2.05. The third-order valence-corrected chi connectivity index (χ3v) is 1.93. The number of benzene rings is 1. The lowest BCUT2D eigenvalue weighted by Crippen LogP contribution is -2.02. The second-order valence-corrected chi connectivity index (χ2v) is 2.99. The molecule has 0 spiro atoms. The SMILES string of the molecule is CCOCc1ccc(CCN)cc1. The standard InChI is InChI=1S/C11H17NO/c1-2-13-9-11-5-3-10(4-6-11)7-8-12/h3-6H,2,7-9,12H2,1H3. The van der Waals surface area contributed by atoms with Gasteiger partial charge in [-0.1, -0.05) is 24.3 Å². The molecular weight excluding hydrogens is 162 g/mol. The van der Waals surface area contributed by atoms with Gasteiger partial charge in [0.15, 0.2) is 0 Å². The Labute approximate surface area is 79.7 Å². The van der Waals surface area contributed by atoms with Crippen molar-refractivity contribution in [3.8, 4) is 0 Å². The van der Waals surface area contributed by atoms with Crippen molar-refractivity contribution in [1.82, 2.24) is 0 Å². The minimum atomic E-state index is 0.708. The van der Waals surface area contributed by atoms with Gasteiger partial charge < -0.3 is 10.5 Å². The van der Waals surface area contributed by atoms with Crippen molar-refractivity contribution in [3.05, 3.63) is 35.4 Å². The van der Waals surface area contributed by atoms with Crippen LogP contribution in [0.3, 0.4) is 0 Å². The van der Waals surface area contributed by atoms with E-state index in [0.29, 0.717) is 13.2 Å². The summed E-state index contributed by atoms with van der Waals surface area (Å²) in [4.78, 5) is 0. The predicted molar refractivity (Wildman–Crippen MR) is 54.5 cm³/mol. The Morgan fingerprint density at radius 1 is 1.15 bits per heavy atom. The van der Waals surface area contributed by atoms with E-state index < -0.39 is 0 Å². The van der Waals surface area contributed by atoms with Crippen LogP contribution in [-0.2, 0) is 17.8 Å². The normalized spacial score (nSPS) is 10.3. The molecule has 0 fully saturated rings. The maximum atomic E-state index is 5.45. The van der Waals surface area contributed by atoms with Crippen LogP contribution in [0.25, 0.3) is 0 Å².